The molecule has 0 spiro atoms. The number of hydrogen-bond donors (Lipinski definition) is 3. The van der Waals surface area contributed by atoms with Gasteiger partial charge >= 0.3 is 0 Å². The molecule has 1 aromatic rings. The van der Waals surface area contributed by atoms with Gasteiger partial charge in [0.15, 0.2) is 5.84 Å². The zero-order valence-corrected chi connectivity index (χ0v) is 11.3. The average molecular weight is 312 g/mol. The standard InChI is InChI=1S/C12H14BrN3O2/c13-9-3-1-8(2-4-9)7-15-11(17)12(5-6-12)10(14)16-18/h1-4,18H,5-7H2,(H2,14,16)(H,15,17). The number of benzene rings is 1. The molecule has 0 atom stereocenters. The molecule has 0 aromatic heterocycles. The fourth-order valence-electron chi connectivity index (χ4n) is 1.77. The largest absolute Gasteiger partial charge is 0.409 e. The molecule has 0 heterocycles. The van der Waals surface area contributed by atoms with Crippen molar-refractivity contribution in [1.29, 1.82) is 0 Å². The van der Waals surface area contributed by atoms with Crippen LogP contribution in [0, 0.1) is 5.41 Å². The molecular weight excluding hydrogens is 298 g/mol. The molecule has 1 amide bonds. The normalized spacial score (nSPS) is 17.3. The van der Waals surface area contributed by atoms with Crippen LogP contribution >= 0.6 is 15.9 Å². The lowest BCUT2D eigenvalue weighted by Crippen LogP contribution is -2.40. The predicted octanol–water partition coefficient (Wildman–Crippen LogP) is 1.59. The van der Waals surface area contributed by atoms with Gasteiger partial charge in [0.25, 0.3) is 0 Å². The number of hydrogen-bond acceptors (Lipinski definition) is 3. The van der Waals surface area contributed by atoms with Gasteiger partial charge in [0.2, 0.25) is 5.91 Å². The molecule has 1 saturated carbocycles. The van der Waals surface area contributed by atoms with E-state index in [0.717, 1.165) is 10.0 Å². The first kappa shape index (κ1) is 12.9. The van der Waals surface area contributed by atoms with Crippen LogP contribution in [0.4, 0.5) is 0 Å². The Morgan fingerprint density at radius 3 is 2.56 bits per heavy atom. The first-order valence-electron chi connectivity index (χ1n) is 5.59. The number of nitrogens with two attached hydrogens (primary N) is 1. The van der Waals surface area contributed by atoms with Gasteiger partial charge in [-0.2, -0.15) is 0 Å². The Labute approximate surface area is 113 Å². The van der Waals surface area contributed by atoms with E-state index in [9.17, 15) is 4.79 Å². The summed E-state index contributed by atoms with van der Waals surface area (Å²) in [6.07, 6.45) is 1.27. The van der Waals surface area contributed by atoms with Crippen LogP contribution in [0.5, 0.6) is 0 Å². The van der Waals surface area contributed by atoms with Crippen LogP contribution in [-0.4, -0.2) is 17.0 Å². The third kappa shape index (κ3) is 2.48. The molecule has 6 heteroatoms. The van der Waals surface area contributed by atoms with Gasteiger partial charge in [0.05, 0.1) is 0 Å². The highest BCUT2D eigenvalue weighted by Crippen LogP contribution is 2.46. The van der Waals surface area contributed by atoms with E-state index in [4.69, 9.17) is 10.9 Å². The van der Waals surface area contributed by atoms with Crippen molar-refractivity contribution in [3.63, 3.8) is 0 Å². The van der Waals surface area contributed by atoms with E-state index in [0.29, 0.717) is 19.4 Å². The summed E-state index contributed by atoms with van der Waals surface area (Å²) >= 11 is 3.35. The molecule has 0 aliphatic heterocycles. The minimum absolute atomic E-state index is 0.00388. The van der Waals surface area contributed by atoms with Crippen molar-refractivity contribution in [3.05, 3.63) is 34.3 Å². The lowest BCUT2D eigenvalue weighted by atomic mass is 10.1. The topological polar surface area (TPSA) is 87.7 Å². The van der Waals surface area contributed by atoms with Crippen LogP contribution in [0.1, 0.15) is 18.4 Å². The second-order valence-corrected chi connectivity index (χ2v) is 5.29. The maximum absolute atomic E-state index is 12.0. The third-order valence-corrected chi connectivity index (χ3v) is 3.68. The van der Waals surface area contributed by atoms with Gasteiger partial charge in [-0.05, 0) is 30.5 Å². The van der Waals surface area contributed by atoms with E-state index >= 15 is 0 Å². The number of nitrogens with one attached hydrogen (secondary N) is 1. The van der Waals surface area contributed by atoms with Crippen molar-refractivity contribution in [2.45, 2.75) is 19.4 Å². The number of amides is 1. The Bertz CT molecular complexity index is 481. The number of carbonyl (C=O) groups excluding carboxylic acids is 1. The third-order valence-electron chi connectivity index (χ3n) is 3.15. The van der Waals surface area contributed by atoms with Gasteiger partial charge in [-0.25, -0.2) is 0 Å². The van der Waals surface area contributed by atoms with Crippen LogP contribution in [0.3, 0.4) is 0 Å². The monoisotopic (exact) mass is 311 g/mol. The van der Waals surface area contributed by atoms with Crippen molar-refractivity contribution < 1.29 is 10.0 Å². The molecule has 0 radical (unpaired) electrons. The lowest BCUT2D eigenvalue weighted by Gasteiger charge is -2.13. The first-order chi connectivity index (χ1) is 8.58. The molecule has 5 nitrogen and oxygen atoms in total. The van der Waals surface area contributed by atoms with Crippen molar-refractivity contribution >= 4 is 27.7 Å². The van der Waals surface area contributed by atoms with Crippen molar-refractivity contribution in [2.75, 3.05) is 0 Å². The van der Waals surface area contributed by atoms with Gasteiger partial charge in [0, 0.05) is 11.0 Å². The summed E-state index contributed by atoms with van der Waals surface area (Å²) in [7, 11) is 0. The Morgan fingerprint density at radius 2 is 2.06 bits per heavy atom. The maximum Gasteiger partial charge on any atom is 0.234 e. The summed E-state index contributed by atoms with van der Waals surface area (Å²) in [5.41, 5.74) is 5.75. The highest BCUT2D eigenvalue weighted by Gasteiger charge is 2.54. The second-order valence-electron chi connectivity index (χ2n) is 4.38. The summed E-state index contributed by atoms with van der Waals surface area (Å²) in [6.45, 7) is 0.437. The van der Waals surface area contributed by atoms with E-state index in [-0.39, 0.29) is 11.7 Å². The SMILES string of the molecule is N/C(=N/O)C1(C(=O)NCc2ccc(Br)cc2)CC1. The molecule has 1 fully saturated rings. The lowest BCUT2D eigenvalue weighted by molar-refractivity contribution is -0.124. The summed E-state index contributed by atoms with van der Waals surface area (Å²) in [4.78, 5) is 12.0. The molecule has 96 valence electrons. The second kappa shape index (κ2) is 4.97. The van der Waals surface area contributed by atoms with Crippen LogP contribution in [0.2, 0.25) is 0 Å². The zero-order valence-electron chi connectivity index (χ0n) is 9.69. The molecule has 0 bridgehead atoms. The van der Waals surface area contributed by atoms with E-state index in [1.54, 1.807) is 0 Å². The molecule has 1 aliphatic rings. The number of oxime groups is 1. The van der Waals surface area contributed by atoms with Crippen molar-refractivity contribution in [1.82, 2.24) is 5.32 Å². The van der Waals surface area contributed by atoms with Crippen molar-refractivity contribution in [2.24, 2.45) is 16.3 Å². The maximum atomic E-state index is 12.0. The van der Waals surface area contributed by atoms with Crippen molar-refractivity contribution in [3.8, 4) is 0 Å². The number of nitrogens with zero attached hydrogens (tertiary/aromatic N) is 1. The van der Waals surface area contributed by atoms with E-state index in [1.165, 1.54) is 0 Å². The molecule has 0 saturated heterocycles. The first-order valence-corrected chi connectivity index (χ1v) is 6.38. The Hall–Kier alpha value is -1.56. The summed E-state index contributed by atoms with van der Waals surface area (Å²) in [5, 5.41) is 14.4. The van der Waals surface area contributed by atoms with E-state index in [1.807, 2.05) is 24.3 Å². The van der Waals surface area contributed by atoms with Gasteiger partial charge in [-0.3, -0.25) is 4.79 Å². The van der Waals surface area contributed by atoms with E-state index in [2.05, 4.69) is 26.4 Å². The summed E-state index contributed by atoms with van der Waals surface area (Å²) in [6, 6.07) is 7.68. The summed E-state index contributed by atoms with van der Waals surface area (Å²) in [5.74, 6) is -0.184. The molecule has 4 N–H and O–H groups in total. The molecule has 1 aromatic carbocycles. The fraction of sp³-hybridized carbons (Fsp3) is 0.333. The molecule has 0 unspecified atom stereocenters. The van der Waals surface area contributed by atoms with Gasteiger partial charge in [-0.1, -0.05) is 33.2 Å². The molecular formula is C12H14BrN3O2. The van der Waals surface area contributed by atoms with Crippen LogP contribution in [-0.2, 0) is 11.3 Å². The number of rotatable bonds is 4. The van der Waals surface area contributed by atoms with Gasteiger partial charge < -0.3 is 16.3 Å². The summed E-state index contributed by atoms with van der Waals surface area (Å²) < 4.78 is 0.993. The van der Waals surface area contributed by atoms with Gasteiger partial charge in [0.1, 0.15) is 5.41 Å². The molecule has 1 aliphatic carbocycles. The van der Waals surface area contributed by atoms with Crippen LogP contribution in [0.15, 0.2) is 33.9 Å². The Kier molecular flexibility index (Phi) is 3.56. The average Bonchev–Trinajstić information content (AvgIpc) is 3.18. The van der Waals surface area contributed by atoms with Crippen LogP contribution in [0.25, 0.3) is 0 Å². The zero-order chi connectivity index (χ0) is 13.2. The minimum Gasteiger partial charge on any atom is -0.409 e. The van der Waals surface area contributed by atoms with Crippen LogP contribution < -0.4 is 11.1 Å². The number of carbonyl (C=O) groups is 1. The number of halogens is 1. The quantitative estimate of drug-likeness (QED) is 0.341. The highest BCUT2D eigenvalue weighted by atomic mass is 79.9. The predicted molar refractivity (Wildman–Crippen MR) is 71.1 cm³/mol. The van der Waals surface area contributed by atoms with E-state index < -0.39 is 5.41 Å². The highest BCUT2D eigenvalue weighted by molar-refractivity contribution is 9.10. The smallest absolute Gasteiger partial charge is 0.234 e. The molecule has 18 heavy (non-hydrogen) atoms. The Balaban J connectivity index is 1.95. The Morgan fingerprint density at radius 1 is 1.44 bits per heavy atom. The number of amidine groups is 1. The minimum atomic E-state index is -0.788. The van der Waals surface area contributed by atoms with Gasteiger partial charge in [-0.15, -0.1) is 0 Å². The molecule has 2 rings (SSSR count). The fourth-order valence-corrected chi connectivity index (χ4v) is 2.04.